The molecule has 1 aromatic rings. The maximum absolute atomic E-state index is 11.2. The van der Waals surface area contributed by atoms with Crippen LogP contribution in [0, 0.1) is 5.92 Å². The van der Waals surface area contributed by atoms with Crippen molar-refractivity contribution in [3.05, 3.63) is 11.9 Å². The van der Waals surface area contributed by atoms with Crippen LogP contribution in [0.25, 0.3) is 0 Å². The predicted molar refractivity (Wildman–Crippen MR) is 58.0 cm³/mol. The van der Waals surface area contributed by atoms with Gasteiger partial charge in [0.25, 0.3) is 0 Å². The van der Waals surface area contributed by atoms with Crippen molar-refractivity contribution in [2.75, 3.05) is 7.11 Å². The van der Waals surface area contributed by atoms with Gasteiger partial charge in [0.1, 0.15) is 0 Å². The molecule has 0 aliphatic heterocycles. The summed E-state index contributed by atoms with van der Waals surface area (Å²) in [6.07, 6.45) is 6.43. The SMILES string of the molecule is COC(=O)c1cn(C2CCCC(C)C2)nn1. The molecule has 0 N–H and O–H groups in total. The molecule has 0 aromatic carbocycles. The number of methoxy groups -OCH3 is 1. The van der Waals surface area contributed by atoms with E-state index in [1.165, 1.54) is 20.0 Å². The van der Waals surface area contributed by atoms with Crippen LogP contribution in [0.3, 0.4) is 0 Å². The Morgan fingerprint density at radius 1 is 1.56 bits per heavy atom. The minimum Gasteiger partial charge on any atom is -0.464 e. The van der Waals surface area contributed by atoms with E-state index in [4.69, 9.17) is 0 Å². The molecular formula is C11H17N3O2. The van der Waals surface area contributed by atoms with E-state index < -0.39 is 5.97 Å². The highest BCUT2D eigenvalue weighted by atomic mass is 16.5. The molecule has 2 unspecified atom stereocenters. The first kappa shape index (κ1) is 11.1. The minimum atomic E-state index is -0.421. The largest absolute Gasteiger partial charge is 0.464 e. The van der Waals surface area contributed by atoms with Crippen LogP contribution in [0.1, 0.15) is 49.1 Å². The van der Waals surface area contributed by atoms with Gasteiger partial charge in [0.15, 0.2) is 5.69 Å². The number of carbonyl (C=O) groups is 1. The van der Waals surface area contributed by atoms with E-state index in [-0.39, 0.29) is 0 Å². The van der Waals surface area contributed by atoms with Crippen LogP contribution < -0.4 is 0 Å². The number of carbonyl (C=O) groups excluding carboxylic acids is 1. The predicted octanol–water partition coefficient (Wildman–Crippen LogP) is 1.82. The van der Waals surface area contributed by atoms with E-state index >= 15 is 0 Å². The average Bonchev–Trinajstić information content (AvgIpc) is 2.77. The molecule has 1 saturated carbocycles. The molecule has 5 nitrogen and oxygen atoms in total. The van der Waals surface area contributed by atoms with Gasteiger partial charge < -0.3 is 4.74 Å². The Balaban J connectivity index is 2.09. The van der Waals surface area contributed by atoms with Gasteiger partial charge in [-0.3, -0.25) is 0 Å². The Bertz CT molecular complexity index is 375. The van der Waals surface area contributed by atoms with Crippen molar-refractivity contribution < 1.29 is 9.53 Å². The molecule has 1 heterocycles. The summed E-state index contributed by atoms with van der Waals surface area (Å²) < 4.78 is 6.41. The van der Waals surface area contributed by atoms with Gasteiger partial charge in [0.2, 0.25) is 0 Å². The highest BCUT2D eigenvalue weighted by molar-refractivity contribution is 5.86. The van der Waals surface area contributed by atoms with E-state index in [9.17, 15) is 4.79 Å². The molecule has 16 heavy (non-hydrogen) atoms. The molecule has 0 amide bonds. The zero-order valence-electron chi connectivity index (χ0n) is 9.72. The van der Waals surface area contributed by atoms with Gasteiger partial charge in [-0.05, 0) is 18.8 Å². The first-order chi connectivity index (χ1) is 7.70. The summed E-state index contributed by atoms with van der Waals surface area (Å²) in [6.45, 7) is 2.25. The summed E-state index contributed by atoms with van der Waals surface area (Å²) in [5.41, 5.74) is 0.292. The van der Waals surface area contributed by atoms with Crippen LogP contribution in [0.5, 0.6) is 0 Å². The standard InChI is InChI=1S/C11H17N3O2/c1-8-4-3-5-9(6-8)14-7-10(12-13-14)11(15)16-2/h7-9H,3-6H2,1-2H3. The van der Waals surface area contributed by atoms with Crippen molar-refractivity contribution in [3.8, 4) is 0 Å². The fraction of sp³-hybridized carbons (Fsp3) is 0.727. The van der Waals surface area contributed by atoms with Gasteiger partial charge in [-0.1, -0.05) is 25.0 Å². The number of nitrogens with zero attached hydrogens (tertiary/aromatic N) is 3. The Morgan fingerprint density at radius 3 is 3.06 bits per heavy atom. The summed E-state index contributed by atoms with van der Waals surface area (Å²) in [7, 11) is 1.35. The Hall–Kier alpha value is -1.39. The molecule has 0 saturated heterocycles. The second-order valence-electron chi connectivity index (χ2n) is 4.50. The van der Waals surface area contributed by atoms with E-state index in [0.717, 1.165) is 18.8 Å². The lowest BCUT2D eigenvalue weighted by Crippen LogP contribution is -2.18. The summed E-state index contributed by atoms with van der Waals surface area (Å²) in [4.78, 5) is 11.2. The Labute approximate surface area is 94.8 Å². The van der Waals surface area contributed by atoms with Crippen molar-refractivity contribution >= 4 is 5.97 Å². The lowest BCUT2D eigenvalue weighted by Gasteiger charge is -2.26. The van der Waals surface area contributed by atoms with Crippen molar-refractivity contribution in [3.63, 3.8) is 0 Å². The molecule has 5 heteroatoms. The molecule has 0 radical (unpaired) electrons. The third-order valence-electron chi connectivity index (χ3n) is 3.19. The van der Waals surface area contributed by atoms with Gasteiger partial charge >= 0.3 is 5.97 Å². The number of hydrogen-bond donors (Lipinski definition) is 0. The van der Waals surface area contributed by atoms with E-state index in [2.05, 4.69) is 22.0 Å². The first-order valence-corrected chi connectivity index (χ1v) is 5.71. The van der Waals surface area contributed by atoms with E-state index in [0.29, 0.717) is 11.7 Å². The van der Waals surface area contributed by atoms with Crippen molar-refractivity contribution in [1.29, 1.82) is 0 Å². The molecule has 1 fully saturated rings. The molecule has 1 aliphatic rings. The molecule has 0 bridgehead atoms. The molecule has 1 aliphatic carbocycles. The second kappa shape index (κ2) is 4.63. The van der Waals surface area contributed by atoms with Crippen LogP contribution in [0.15, 0.2) is 6.20 Å². The van der Waals surface area contributed by atoms with E-state index in [1.807, 2.05) is 4.68 Å². The lowest BCUT2D eigenvalue weighted by molar-refractivity contribution is 0.0594. The molecule has 1 aromatic heterocycles. The Morgan fingerprint density at radius 2 is 2.38 bits per heavy atom. The molecular weight excluding hydrogens is 206 g/mol. The number of ether oxygens (including phenoxy) is 1. The highest BCUT2D eigenvalue weighted by Gasteiger charge is 2.22. The normalized spacial score (nSPS) is 25.4. The van der Waals surface area contributed by atoms with Gasteiger partial charge in [0, 0.05) is 0 Å². The minimum absolute atomic E-state index is 0.292. The third-order valence-corrected chi connectivity index (χ3v) is 3.19. The maximum atomic E-state index is 11.2. The summed E-state index contributed by atoms with van der Waals surface area (Å²) in [5.74, 6) is 0.305. The van der Waals surface area contributed by atoms with Crippen LogP contribution >= 0.6 is 0 Å². The van der Waals surface area contributed by atoms with E-state index in [1.54, 1.807) is 6.20 Å². The van der Waals surface area contributed by atoms with Gasteiger partial charge in [-0.25, -0.2) is 9.48 Å². The van der Waals surface area contributed by atoms with Crippen LogP contribution in [-0.2, 0) is 4.74 Å². The van der Waals surface area contributed by atoms with Crippen LogP contribution in [-0.4, -0.2) is 28.1 Å². The van der Waals surface area contributed by atoms with Gasteiger partial charge in [-0.15, -0.1) is 5.10 Å². The van der Waals surface area contributed by atoms with Crippen LogP contribution in [0.2, 0.25) is 0 Å². The van der Waals surface area contributed by atoms with Crippen LogP contribution in [0.4, 0.5) is 0 Å². The monoisotopic (exact) mass is 223 g/mol. The fourth-order valence-electron chi connectivity index (χ4n) is 2.30. The lowest BCUT2D eigenvalue weighted by atomic mass is 9.87. The summed E-state index contributed by atoms with van der Waals surface area (Å²) in [5, 5.41) is 7.83. The smallest absolute Gasteiger partial charge is 0.360 e. The number of hydrogen-bond acceptors (Lipinski definition) is 4. The quantitative estimate of drug-likeness (QED) is 0.717. The van der Waals surface area contributed by atoms with Gasteiger partial charge in [-0.2, -0.15) is 0 Å². The number of rotatable bonds is 2. The van der Waals surface area contributed by atoms with Crippen molar-refractivity contribution in [1.82, 2.24) is 15.0 Å². The highest BCUT2D eigenvalue weighted by Crippen LogP contribution is 2.31. The first-order valence-electron chi connectivity index (χ1n) is 5.71. The third kappa shape index (κ3) is 2.23. The number of aromatic nitrogens is 3. The average molecular weight is 223 g/mol. The zero-order valence-corrected chi connectivity index (χ0v) is 9.72. The second-order valence-corrected chi connectivity index (χ2v) is 4.50. The molecule has 88 valence electrons. The van der Waals surface area contributed by atoms with Gasteiger partial charge in [0.05, 0.1) is 19.3 Å². The Kier molecular flexibility index (Phi) is 3.22. The van der Waals surface area contributed by atoms with Crippen molar-refractivity contribution in [2.45, 2.75) is 38.6 Å². The summed E-state index contributed by atoms with van der Waals surface area (Å²) in [6, 6.07) is 0.384. The molecule has 2 rings (SSSR count). The topological polar surface area (TPSA) is 57.0 Å². The zero-order chi connectivity index (χ0) is 11.5. The molecule has 0 spiro atoms. The van der Waals surface area contributed by atoms with Crippen molar-refractivity contribution in [2.24, 2.45) is 5.92 Å². The maximum Gasteiger partial charge on any atom is 0.360 e. The fourth-order valence-corrected chi connectivity index (χ4v) is 2.30. The summed E-state index contributed by atoms with van der Waals surface area (Å²) >= 11 is 0. The molecule has 2 atom stereocenters. The number of esters is 1.